The average Bonchev–Trinajstić information content (AvgIpc) is 3.83. The minimum absolute atomic E-state index is 0.572. The number of unbranched alkanes of at least 4 members (excludes halogenated alkanes) is 2. The monoisotopic (exact) mass is 761 g/mol. The maximum atomic E-state index is 5.25. The number of aromatic nitrogens is 5. The van der Waals surface area contributed by atoms with Crippen LogP contribution in [-0.4, -0.2) is 24.1 Å². The molecule has 0 bridgehead atoms. The third-order valence-electron chi connectivity index (χ3n) is 11.3. The van der Waals surface area contributed by atoms with Gasteiger partial charge in [-0.1, -0.05) is 191 Å². The van der Waals surface area contributed by atoms with Crippen LogP contribution in [0.2, 0.25) is 0 Å². The number of rotatable bonds is 7. The number of benzene rings is 8. The van der Waals surface area contributed by atoms with Gasteiger partial charge in [-0.15, -0.1) is 0 Å². The van der Waals surface area contributed by atoms with Gasteiger partial charge in [0.1, 0.15) is 0 Å². The first-order valence-electron chi connectivity index (χ1n) is 20.6. The van der Waals surface area contributed by atoms with E-state index in [1.807, 2.05) is 36.4 Å². The summed E-state index contributed by atoms with van der Waals surface area (Å²) in [5, 5.41) is 7.09. The molecule has 0 aliphatic rings. The van der Waals surface area contributed by atoms with Crippen LogP contribution < -0.4 is 0 Å². The molecule has 0 radical (unpaired) electrons. The van der Waals surface area contributed by atoms with E-state index in [-0.39, 0.29) is 0 Å². The molecule has 0 aliphatic carbocycles. The third-order valence-corrected chi connectivity index (χ3v) is 11.3. The zero-order valence-electron chi connectivity index (χ0n) is 33.3. The highest BCUT2D eigenvalue weighted by molar-refractivity contribution is 6.23. The summed E-state index contributed by atoms with van der Waals surface area (Å²) in [5.41, 5.74) is 9.62. The van der Waals surface area contributed by atoms with Crippen molar-refractivity contribution in [3.63, 3.8) is 0 Å². The SMILES string of the molecule is CCCCC.c1ccc(-c2nc(-c3ccccc3)nc(-n3c4ccccc4c4ccc5c6ccccc6n(-c6cccc(-c7ccc8ccccc8c7)c6)c5c43)n2)cc1. The van der Waals surface area contributed by atoms with Crippen molar-refractivity contribution in [1.29, 1.82) is 0 Å². The summed E-state index contributed by atoms with van der Waals surface area (Å²) in [5.74, 6) is 1.82. The maximum Gasteiger partial charge on any atom is 0.238 e. The number of nitrogens with zero attached hydrogens (tertiary/aromatic N) is 5. The molecule has 5 heteroatoms. The lowest BCUT2D eigenvalue weighted by Crippen LogP contribution is -2.07. The Morgan fingerprint density at radius 3 is 1.49 bits per heavy atom. The number of hydrogen-bond acceptors (Lipinski definition) is 3. The van der Waals surface area contributed by atoms with Crippen LogP contribution in [-0.2, 0) is 0 Å². The first-order valence-corrected chi connectivity index (χ1v) is 20.6. The van der Waals surface area contributed by atoms with Gasteiger partial charge in [-0.2, -0.15) is 9.97 Å². The summed E-state index contributed by atoms with van der Waals surface area (Å²) in [6.07, 6.45) is 4.08. The van der Waals surface area contributed by atoms with E-state index in [0.29, 0.717) is 17.6 Å². The molecule has 0 spiro atoms. The molecule has 0 unspecified atom stereocenters. The predicted octanol–water partition coefficient (Wildman–Crippen LogP) is 14.4. The summed E-state index contributed by atoms with van der Waals surface area (Å²) < 4.78 is 4.67. The summed E-state index contributed by atoms with van der Waals surface area (Å²) in [6.45, 7) is 4.42. The van der Waals surface area contributed by atoms with Crippen LogP contribution in [0, 0.1) is 0 Å². The summed E-state index contributed by atoms with van der Waals surface area (Å²) >= 11 is 0. The molecule has 5 nitrogen and oxygen atoms in total. The second-order valence-corrected chi connectivity index (χ2v) is 15.0. The lowest BCUT2D eigenvalue weighted by Gasteiger charge is -2.14. The maximum absolute atomic E-state index is 5.25. The van der Waals surface area contributed by atoms with Crippen molar-refractivity contribution in [2.75, 3.05) is 0 Å². The highest BCUT2D eigenvalue weighted by Crippen LogP contribution is 2.42. The second-order valence-electron chi connectivity index (χ2n) is 15.0. The largest absolute Gasteiger partial charge is 0.307 e. The Kier molecular flexibility index (Phi) is 9.47. The van der Waals surface area contributed by atoms with E-state index < -0.39 is 0 Å². The van der Waals surface area contributed by atoms with Gasteiger partial charge in [-0.3, -0.25) is 4.57 Å². The molecule has 11 rings (SSSR count). The fraction of sp³-hybridized carbons (Fsp3) is 0.0926. The standard InChI is InChI=1S/C49H31N5.C5H12/c1-3-15-33(16-4-1)47-50-48(34-17-5-2-6-18-34)52-49(51-47)54-44-25-12-10-23-40(44)42-29-28-41-39-22-9-11-24-43(39)53(45(41)46(42)54)38-21-13-20-36(31-38)37-27-26-32-14-7-8-19-35(32)30-37;1-3-5-4-2/h1-31H;3-5H2,1-2H3. The Bertz CT molecular complexity index is 3210. The molecule has 0 saturated carbocycles. The number of para-hydroxylation sites is 2. The van der Waals surface area contributed by atoms with Crippen LogP contribution in [0.25, 0.3) is 99.9 Å². The van der Waals surface area contributed by atoms with Crippen molar-refractivity contribution in [3.8, 4) is 45.5 Å². The molecule has 0 aliphatic heterocycles. The minimum atomic E-state index is 0.572. The van der Waals surface area contributed by atoms with Crippen LogP contribution in [0.1, 0.15) is 33.1 Å². The van der Waals surface area contributed by atoms with Gasteiger partial charge in [0.05, 0.1) is 22.1 Å². The Balaban J connectivity index is 0.000000796. The quantitative estimate of drug-likeness (QED) is 0.162. The summed E-state index contributed by atoms with van der Waals surface area (Å²) in [6, 6.07) is 66.3. The summed E-state index contributed by atoms with van der Waals surface area (Å²) in [4.78, 5) is 15.5. The topological polar surface area (TPSA) is 48.5 Å². The van der Waals surface area contributed by atoms with E-state index in [4.69, 9.17) is 15.0 Å². The van der Waals surface area contributed by atoms with Gasteiger partial charge in [-0.25, -0.2) is 4.98 Å². The van der Waals surface area contributed by atoms with E-state index in [1.165, 1.54) is 46.4 Å². The molecule has 0 atom stereocenters. The molecule has 0 saturated heterocycles. The molecule has 3 aromatic heterocycles. The van der Waals surface area contributed by atoms with Crippen LogP contribution in [0.15, 0.2) is 188 Å². The third kappa shape index (κ3) is 6.51. The fourth-order valence-corrected chi connectivity index (χ4v) is 8.42. The number of fused-ring (bicyclic) bond motifs is 8. The van der Waals surface area contributed by atoms with E-state index in [2.05, 4.69) is 175 Å². The smallest absolute Gasteiger partial charge is 0.238 e. The predicted molar refractivity (Wildman–Crippen MR) is 248 cm³/mol. The Morgan fingerprint density at radius 1 is 0.373 bits per heavy atom. The van der Waals surface area contributed by atoms with Crippen LogP contribution in [0.4, 0.5) is 0 Å². The van der Waals surface area contributed by atoms with E-state index in [1.54, 1.807) is 0 Å². The van der Waals surface area contributed by atoms with E-state index >= 15 is 0 Å². The van der Waals surface area contributed by atoms with Crippen molar-refractivity contribution in [2.24, 2.45) is 0 Å². The Morgan fingerprint density at radius 2 is 0.881 bits per heavy atom. The Labute approximate surface area is 343 Å². The van der Waals surface area contributed by atoms with Gasteiger partial charge >= 0.3 is 0 Å². The van der Waals surface area contributed by atoms with Gasteiger partial charge < -0.3 is 4.57 Å². The zero-order valence-corrected chi connectivity index (χ0v) is 33.3. The lowest BCUT2D eigenvalue weighted by molar-refractivity contribution is 0.772. The van der Waals surface area contributed by atoms with Gasteiger partial charge in [0.15, 0.2) is 11.6 Å². The van der Waals surface area contributed by atoms with E-state index in [9.17, 15) is 0 Å². The highest BCUT2D eigenvalue weighted by Gasteiger charge is 2.23. The molecule has 0 amide bonds. The fourth-order valence-electron chi connectivity index (χ4n) is 8.42. The molecule has 284 valence electrons. The normalized spacial score (nSPS) is 11.4. The van der Waals surface area contributed by atoms with Crippen LogP contribution >= 0.6 is 0 Å². The van der Waals surface area contributed by atoms with Crippen molar-refractivity contribution < 1.29 is 0 Å². The molecule has 0 N–H and O–H groups in total. The first-order chi connectivity index (χ1) is 29.2. The summed E-state index contributed by atoms with van der Waals surface area (Å²) in [7, 11) is 0. The molecule has 59 heavy (non-hydrogen) atoms. The van der Waals surface area contributed by atoms with E-state index in [0.717, 1.165) is 55.2 Å². The molecule has 3 heterocycles. The Hall–Kier alpha value is -7.37. The van der Waals surface area contributed by atoms with Crippen molar-refractivity contribution in [1.82, 2.24) is 24.1 Å². The lowest BCUT2D eigenvalue weighted by atomic mass is 10.0. The molecule has 8 aromatic carbocycles. The van der Waals surface area contributed by atoms with Crippen molar-refractivity contribution >= 4 is 54.4 Å². The van der Waals surface area contributed by atoms with Crippen LogP contribution in [0.5, 0.6) is 0 Å². The molecular weight excluding hydrogens is 719 g/mol. The average molecular weight is 762 g/mol. The van der Waals surface area contributed by atoms with Crippen LogP contribution in [0.3, 0.4) is 0 Å². The van der Waals surface area contributed by atoms with Gasteiger partial charge in [0.2, 0.25) is 5.95 Å². The van der Waals surface area contributed by atoms with Gasteiger partial charge in [0.25, 0.3) is 0 Å². The van der Waals surface area contributed by atoms with Crippen molar-refractivity contribution in [2.45, 2.75) is 33.1 Å². The van der Waals surface area contributed by atoms with Crippen molar-refractivity contribution in [3.05, 3.63) is 188 Å². The zero-order chi connectivity index (χ0) is 39.7. The first kappa shape index (κ1) is 36.0. The molecular formula is C54H43N5. The highest BCUT2D eigenvalue weighted by atomic mass is 15.2. The van der Waals surface area contributed by atoms with Gasteiger partial charge in [0, 0.05) is 38.4 Å². The van der Waals surface area contributed by atoms with Gasteiger partial charge in [-0.05, 0) is 52.2 Å². The molecule has 11 aromatic rings. The molecule has 0 fully saturated rings. The number of hydrogen-bond donors (Lipinski definition) is 0. The minimum Gasteiger partial charge on any atom is -0.307 e. The second kappa shape index (κ2) is 15.5.